The van der Waals surface area contributed by atoms with E-state index in [-0.39, 0.29) is 6.42 Å². The first-order valence-electron chi connectivity index (χ1n) is 5.42. The number of carbonyl (C=O) groups excluding carboxylic acids is 1. The molecule has 0 fully saturated rings. The second-order valence-corrected chi connectivity index (χ2v) is 4.03. The van der Waals surface area contributed by atoms with Crippen LogP contribution in [0.3, 0.4) is 0 Å². The van der Waals surface area contributed by atoms with E-state index < -0.39 is 16.2 Å². The van der Waals surface area contributed by atoms with Crippen LogP contribution in [-0.2, 0) is 4.79 Å². The second-order valence-electron chi connectivity index (χ2n) is 3.66. The molecule has 5 heteroatoms. The average molecular weight is 236 g/mol. The van der Waals surface area contributed by atoms with Gasteiger partial charge in [-0.1, -0.05) is 39.0 Å². The summed E-state index contributed by atoms with van der Waals surface area (Å²) in [5.41, 5.74) is 0. The summed E-state index contributed by atoms with van der Waals surface area (Å²) in [5.74, 6) is 0. The fourth-order valence-corrected chi connectivity index (χ4v) is 1.61. The maximum atomic E-state index is 10.7. The van der Waals surface area contributed by atoms with Gasteiger partial charge < -0.3 is 0 Å². The lowest BCUT2D eigenvalue weighted by molar-refractivity contribution is -0.507. The second kappa shape index (κ2) is 8.65. The van der Waals surface area contributed by atoms with Crippen molar-refractivity contribution in [2.45, 2.75) is 57.9 Å². The topological polar surface area (TPSA) is 60.2 Å². The van der Waals surface area contributed by atoms with Crippen LogP contribution in [0.1, 0.15) is 51.9 Å². The molecule has 0 radical (unpaired) electrons. The van der Waals surface area contributed by atoms with Crippen LogP contribution < -0.4 is 0 Å². The quantitative estimate of drug-likeness (QED) is 0.267. The minimum absolute atomic E-state index is 0.265. The Labute approximate surface area is 95.1 Å². The van der Waals surface area contributed by atoms with E-state index in [1.165, 1.54) is 12.8 Å². The number of unbranched alkanes of at least 4 members (excludes halogenated alkanes) is 5. The first-order chi connectivity index (χ1) is 7.09. The molecule has 88 valence electrons. The van der Waals surface area contributed by atoms with E-state index >= 15 is 0 Å². The van der Waals surface area contributed by atoms with Gasteiger partial charge in [0.25, 0.3) is 11.3 Å². The van der Waals surface area contributed by atoms with Crippen molar-refractivity contribution in [1.29, 1.82) is 0 Å². The number of hydrogen-bond donors (Lipinski definition) is 0. The highest BCUT2D eigenvalue weighted by Gasteiger charge is 2.26. The van der Waals surface area contributed by atoms with Crippen molar-refractivity contribution >= 4 is 16.8 Å². The summed E-state index contributed by atoms with van der Waals surface area (Å²) in [4.78, 5) is 20.5. The Balaban J connectivity index is 3.55. The Morgan fingerprint density at radius 2 is 1.80 bits per heavy atom. The van der Waals surface area contributed by atoms with E-state index in [4.69, 9.17) is 11.6 Å². The van der Waals surface area contributed by atoms with E-state index in [1.54, 1.807) is 0 Å². The summed E-state index contributed by atoms with van der Waals surface area (Å²) in [6.07, 6.45) is 6.53. The van der Waals surface area contributed by atoms with Gasteiger partial charge in [0.05, 0.1) is 0 Å². The molecule has 0 spiro atoms. The molecule has 0 saturated carbocycles. The van der Waals surface area contributed by atoms with Crippen LogP contribution in [0.2, 0.25) is 0 Å². The molecule has 1 atom stereocenters. The Bertz CT molecular complexity index is 195. The summed E-state index contributed by atoms with van der Waals surface area (Å²) >= 11 is 5.12. The Hall–Kier alpha value is -0.640. The van der Waals surface area contributed by atoms with Gasteiger partial charge in [0.1, 0.15) is 0 Å². The smallest absolute Gasteiger partial charge is 0.273 e. The van der Waals surface area contributed by atoms with E-state index in [2.05, 4.69) is 6.92 Å². The summed E-state index contributed by atoms with van der Waals surface area (Å²) in [6, 6.07) is -1.21. The highest BCUT2D eigenvalue weighted by molar-refractivity contribution is 6.64. The summed E-state index contributed by atoms with van der Waals surface area (Å²) < 4.78 is 0. The highest BCUT2D eigenvalue weighted by atomic mass is 35.5. The largest absolute Gasteiger partial charge is 0.295 e. The average Bonchev–Trinajstić information content (AvgIpc) is 2.15. The normalized spacial score (nSPS) is 12.4. The Morgan fingerprint density at radius 1 is 1.27 bits per heavy atom. The molecule has 1 unspecified atom stereocenters. The molecule has 0 aromatic rings. The molecular weight excluding hydrogens is 218 g/mol. The number of nitrogens with zero attached hydrogens (tertiary/aromatic N) is 1. The van der Waals surface area contributed by atoms with Crippen LogP contribution in [0.15, 0.2) is 0 Å². The zero-order chi connectivity index (χ0) is 11.7. The predicted molar refractivity (Wildman–Crippen MR) is 59.6 cm³/mol. The maximum Gasteiger partial charge on any atom is 0.295 e. The zero-order valence-electron chi connectivity index (χ0n) is 9.08. The number of carbonyl (C=O) groups is 1. The van der Waals surface area contributed by atoms with Crippen molar-refractivity contribution in [2.24, 2.45) is 0 Å². The van der Waals surface area contributed by atoms with E-state index in [0.29, 0.717) is 6.42 Å². The van der Waals surface area contributed by atoms with Gasteiger partial charge in [-0.2, -0.15) is 0 Å². The molecule has 0 N–H and O–H groups in total. The Kier molecular flexibility index (Phi) is 8.28. The molecular formula is C10H18ClNO3. The van der Waals surface area contributed by atoms with Crippen molar-refractivity contribution < 1.29 is 9.72 Å². The molecule has 0 amide bonds. The molecule has 0 aliphatic heterocycles. The summed E-state index contributed by atoms with van der Waals surface area (Å²) in [6.45, 7) is 2.13. The van der Waals surface area contributed by atoms with E-state index in [0.717, 1.165) is 19.3 Å². The first-order valence-corrected chi connectivity index (χ1v) is 5.80. The van der Waals surface area contributed by atoms with Crippen molar-refractivity contribution in [3.63, 3.8) is 0 Å². The van der Waals surface area contributed by atoms with Gasteiger partial charge >= 0.3 is 0 Å². The van der Waals surface area contributed by atoms with Crippen LogP contribution in [0.5, 0.6) is 0 Å². The standard InChI is InChI=1S/C10H18ClNO3/c1-2-3-4-5-6-7-8-9(10(11)13)12(14)15/h9H,2-8H2,1H3. The lowest BCUT2D eigenvalue weighted by atomic mass is 10.1. The van der Waals surface area contributed by atoms with Crippen molar-refractivity contribution in [3.05, 3.63) is 10.1 Å². The van der Waals surface area contributed by atoms with Crippen LogP contribution in [-0.4, -0.2) is 16.2 Å². The third-order valence-corrected chi connectivity index (χ3v) is 2.60. The minimum Gasteiger partial charge on any atom is -0.273 e. The van der Waals surface area contributed by atoms with E-state index in [1.807, 2.05) is 0 Å². The SMILES string of the molecule is CCCCCCCCC(C(=O)Cl)[N+](=O)[O-]. The molecule has 4 nitrogen and oxygen atoms in total. The molecule has 0 aliphatic carbocycles. The molecule has 0 bridgehead atoms. The van der Waals surface area contributed by atoms with Crippen LogP contribution in [0.4, 0.5) is 0 Å². The number of rotatable bonds is 9. The van der Waals surface area contributed by atoms with Gasteiger partial charge in [0.2, 0.25) is 0 Å². The molecule has 0 aromatic heterocycles. The number of hydrogen-bond acceptors (Lipinski definition) is 3. The summed E-state index contributed by atoms with van der Waals surface area (Å²) in [7, 11) is 0. The maximum absolute atomic E-state index is 10.7. The van der Waals surface area contributed by atoms with Gasteiger partial charge in [0.15, 0.2) is 0 Å². The zero-order valence-corrected chi connectivity index (χ0v) is 9.83. The van der Waals surface area contributed by atoms with Gasteiger partial charge in [-0.05, 0) is 18.0 Å². The molecule has 0 heterocycles. The Morgan fingerprint density at radius 3 is 2.27 bits per heavy atom. The number of halogens is 1. The number of nitro groups is 1. The molecule has 0 saturated heterocycles. The van der Waals surface area contributed by atoms with Crippen molar-refractivity contribution in [1.82, 2.24) is 0 Å². The van der Waals surface area contributed by atoms with Crippen LogP contribution >= 0.6 is 11.6 Å². The fraction of sp³-hybridized carbons (Fsp3) is 0.900. The lowest BCUT2D eigenvalue weighted by Gasteiger charge is -2.04. The molecule has 0 rings (SSSR count). The molecule has 0 aromatic carbocycles. The van der Waals surface area contributed by atoms with Gasteiger partial charge in [0, 0.05) is 11.3 Å². The van der Waals surface area contributed by atoms with Crippen molar-refractivity contribution in [2.75, 3.05) is 0 Å². The highest BCUT2D eigenvalue weighted by Crippen LogP contribution is 2.11. The van der Waals surface area contributed by atoms with E-state index in [9.17, 15) is 14.9 Å². The third-order valence-electron chi connectivity index (χ3n) is 2.35. The molecule has 15 heavy (non-hydrogen) atoms. The lowest BCUT2D eigenvalue weighted by Crippen LogP contribution is -2.25. The predicted octanol–water partition coefficient (Wildman–Crippen LogP) is 3.15. The molecule has 0 aliphatic rings. The van der Waals surface area contributed by atoms with Crippen LogP contribution in [0, 0.1) is 10.1 Å². The van der Waals surface area contributed by atoms with Crippen LogP contribution in [0.25, 0.3) is 0 Å². The minimum atomic E-state index is -1.21. The van der Waals surface area contributed by atoms with Gasteiger partial charge in [-0.25, -0.2) is 0 Å². The fourth-order valence-electron chi connectivity index (χ4n) is 1.42. The monoisotopic (exact) mass is 235 g/mol. The van der Waals surface area contributed by atoms with Crippen molar-refractivity contribution in [3.8, 4) is 0 Å². The first kappa shape index (κ1) is 14.4. The van der Waals surface area contributed by atoms with Gasteiger partial charge in [-0.3, -0.25) is 14.9 Å². The van der Waals surface area contributed by atoms with Gasteiger partial charge in [-0.15, -0.1) is 0 Å². The summed E-state index contributed by atoms with van der Waals surface area (Å²) in [5, 5.41) is 9.55. The third kappa shape index (κ3) is 7.31.